The molecule has 0 atom stereocenters. The van der Waals surface area contributed by atoms with Crippen LogP contribution in [0.5, 0.6) is 0 Å². The number of rotatable bonds is 4. The van der Waals surface area contributed by atoms with Crippen molar-refractivity contribution in [1.29, 1.82) is 0 Å². The van der Waals surface area contributed by atoms with E-state index >= 15 is 0 Å². The Balaban J connectivity index is 1.95. The second-order valence-electron chi connectivity index (χ2n) is 6.63. The lowest BCUT2D eigenvalue weighted by molar-refractivity contribution is 0.0905. The van der Waals surface area contributed by atoms with E-state index < -0.39 is 0 Å². The summed E-state index contributed by atoms with van der Waals surface area (Å²) in [6.07, 6.45) is 6.16. The van der Waals surface area contributed by atoms with E-state index in [1.54, 1.807) is 0 Å². The summed E-state index contributed by atoms with van der Waals surface area (Å²) in [6.45, 7) is 6.64. The number of aryl methyl sites for hydroxylation is 1. The summed E-state index contributed by atoms with van der Waals surface area (Å²) in [5.41, 5.74) is 8.10. The fraction of sp³-hybridized carbons (Fsp3) is 0.733. The van der Waals surface area contributed by atoms with Gasteiger partial charge in [-0.1, -0.05) is 27.2 Å². The lowest BCUT2D eigenvalue weighted by Gasteiger charge is -2.34. The maximum absolute atomic E-state index is 12.2. The maximum Gasteiger partial charge on any atom is 0.274 e. The molecule has 112 valence electrons. The summed E-state index contributed by atoms with van der Waals surface area (Å²) in [4.78, 5) is 12.2. The average Bonchev–Trinajstić information content (AvgIpc) is 2.74. The van der Waals surface area contributed by atoms with E-state index in [2.05, 4.69) is 36.3 Å². The number of nitrogens with zero attached hydrogens (tertiary/aromatic N) is 1. The van der Waals surface area contributed by atoms with Gasteiger partial charge in [-0.25, -0.2) is 0 Å². The zero-order valence-electron chi connectivity index (χ0n) is 12.8. The quantitative estimate of drug-likeness (QED) is 0.791. The number of carbonyl (C=O) groups is 1. The predicted molar refractivity (Wildman–Crippen MR) is 80.5 cm³/mol. The number of nitrogens with two attached hydrogens (primary N) is 1. The van der Waals surface area contributed by atoms with Crippen molar-refractivity contribution < 1.29 is 4.79 Å². The highest BCUT2D eigenvalue weighted by molar-refractivity contribution is 5.97. The number of amides is 1. The second kappa shape index (κ2) is 5.85. The number of hydrogen-bond donors (Lipinski definition) is 3. The molecule has 1 amide bonds. The summed E-state index contributed by atoms with van der Waals surface area (Å²) in [7, 11) is 0. The van der Waals surface area contributed by atoms with Crippen LogP contribution >= 0.6 is 0 Å². The van der Waals surface area contributed by atoms with E-state index in [1.807, 2.05) is 0 Å². The minimum Gasteiger partial charge on any atom is -0.395 e. The van der Waals surface area contributed by atoms with Crippen LogP contribution in [0.25, 0.3) is 0 Å². The number of carbonyl (C=O) groups excluding carboxylic acids is 1. The molecule has 0 aliphatic heterocycles. The topological polar surface area (TPSA) is 83.8 Å². The zero-order valence-corrected chi connectivity index (χ0v) is 12.8. The SMILES string of the molecule is CCCc1[nH]nc(C(=O)NC2CCC(C)(C)CC2)c1N. The summed E-state index contributed by atoms with van der Waals surface area (Å²) in [5.74, 6) is -0.147. The van der Waals surface area contributed by atoms with Crippen molar-refractivity contribution in [3.63, 3.8) is 0 Å². The number of nitrogens with one attached hydrogen (secondary N) is 2. The largest absolute Gasteiger partial charge is 0.395 e. The van der Waals surface area contributed by atoms with Crippen molar-refractivity contribution in [3.05, 3.63) is 11.4 Å². The number of anilines is 1. The van der Waals surface area contributed by atoms with Crippen LogP contribution in [0.3, 0.4) is 0 Å². The molecule has 20 heavy (non-hydrogen) atoms. The molecule has 1 heterocycles. The molecule has 1 aromatic rings. The van der Waals surface area contributed by atoms with E-state index in [1.165, 1.54) is 0 Å². The van der Waals surface area contributed by atoms with E-state index in [9.17, 15) is 4.79 Å². The van der Waals surface area contributed by atoms with Gasteiger partial charge in [0, 0.05) is 6.04 Å². The highest BCUT2D eigenvalue weighted by Gasteiger charge is 2.28. The molecule has 0 spiro atoms. The van der Waals surface area contributed by atoms with Crippen molar-refractivity contribution in [3.8, 4) is 0 Å². The van der Waals surface area contributed by atoms with Crippen molar-refractivity contribution in [2.45, 2.75) is 65.3 Å². The molecule has 0 aromatic carbocycles. The smallest absolute Gasteiger partial charge is 0.274 e. The first-order valence-electron chi connectivity index (χ1n) is 7.56. The minimum atomic E-state index is -0.147. The number of nitrogen functional groups attached to an aromatic ring is 1. The Morgan fingerprint density at radius 2 is 2.10 bits per heavy atom. The van der Waals surface area contributed by atoms with Gasteiger partial charge in [0.2, 0.25) is 0 Å². The Bertz CT molecular complexity index is 468. The molecule has 1 fully saturated rings. The molecule has 0 saturated heterocycles. The van der Waals surface area contributed by atoms with Gasteiger partial charge < -0.3 is 11.1 Å². The van der Waals surface area contributed by atoms with Gasteiger partial charge in [0.25, 0.3) is 5.91 Å². The summed E-state index contributed by atoms with van der Waals surface area (Å²) in [6, 6.07) is 0.251. The van der Waals surface area contributed by atoms with E-state index in [-0.39, 0.29) is 11.9 Å². The lowest BCUT2D eigenvalue weighted by atomic mass is 9.75. The molecule has 1 aliphatic rings. The standard InChI is InChI=1S/C15H26N4O/c1-4-5-11-12(16)13(19-18-11)14(20)17-10-6-8-15(2,3)9-7-10/h10H,4-9,16H2,1-3H3,(H,17,20)(H,18,19). The Morgan fingerprint density at radius 1 is 1.45 bits per heavy atom. The molecular formula is C15H26N4O. The Hall–Kier alpha value is -1.52. The fourth-order valence-electron chi connectivity index (χ4n) is 2.80. The molecule has 1 aliphatic carbocycles. The van der Waals surface area contributed by atoms with Crippen LogP contribution in [-0.4, -0.2) is 22.1 Å². The molecule has 2 rings (SSSR count). The van der Waals surface area contributed by atoms with Crippen LogP contribution in [0.1, 0.15) is 69.1 Å². The Labute approximate surface area is 120 Å². The summed E-state index contributed by atoms with van der Waals surface area (Å²) in [5, 5.41) is 10.0. The predicted octanol–water partition coefficient (Wildman–Crippen LogP) is 2.64. The molecule has 0 radical (unpaired) electrons. The molecule has 0 unspecified atom stereocenters. The monoisotopic (exact) mass is 278 g/mol. The van der Waals surface area contributed by atoms with Gasteiger partial charge in [-0.3, -0.25) is 9.89 Å². The normalized spacial score (nSPS) is 18.9. The number of aromatic amines is 1. The van der Waals surface area contributed by atoms with Crippen molar-refractivity contribution in [2.75, 3.05) is 5.73 Å². The number of H-pyrrole nitrogens is 1. The summed E-state index contributed by atoms with van der Waals surface area (Å²) < 4.78 is 0. The first kappa shape index (κ1) is 14.9. The van der Waals surface area contributed by atoms with Crippen LogP contribution in [0.4, 0.5) is 5.69 Å². The van der Waals surface area contributed by atoms with Gasteiger partial charge in [0.1, 0.15) is 0 Å². The molecular weight excluding hydrogens is 252 g/mol. The highest BCUT2D eigenvalue weighted by Crippen LogP contribution is 2.35. The molecule has 4 N–H and O–H groups in total. The van der Waals surface area contributed by atoms with Crippen LogP contribution in [0.2, 0.25) is 0 Å². The van der Waals surface area contributed by atoms with Gasteiger partial charge in [0.15, 0.2) is 5.69 Å². The number of hydrogen-bond acceptors (Lipinski definition) is 3. The lowest BCUT2D eigenvalue weighted by Crippen LogP contribution is -2.39. The van der Waals surface area contributed by atoms with Crippen molar-refractivity contribution >= 4 is 11.6 Å². The van der Waals surface area contributed by atoms with Crippen molar-refractivity contribution in [1.82, 2.24) is 15.5 Å². The van der Waals surface area contributed by atoms with Gasteiger partial charge >= 0.3 is 0 Å². The Kier molecular flexibility index (Phi) is 4.35. The molecule has 5 heteroatoms. The zero-order chi connectivity index (χ0) is 14.8. The van der Waals surface area contributed by atoms with E-state index in [0.29, 0.717) is 16.8 Å². The van der Waals surface area contributed by atoms with E-state index in [4.69, 9.17) is 5.73 Å². The summed E-state index contributed by atoms with van der Waals surface area (Å²) >= 11 is 0. The third kappa shape index (κ3) is 3.32. The molecule has 1 saturated carbocycles. The molecule has 0 bridgehead atoms. The van der Waals surface area contributed by atoms with Crippen LogP contribution in [0, 0.1) is 5.41 Å². The van der Waals surface area contributed by atoms with Crippen LogP contribution < -0.4 is 11.1 Å². The fourth-order valence-corrected chi connectivity index (χ4v) is 2.80. The minimum absolute atomic E-state index is 0.147. The van der Waals surface area contributed by atoms with Crippen LogP contribution in [-0.2, 0) is 6.42 Å². The third-order valence-corrected chi connectivity index (χ3v) is 4.27. The maximum atomic E-state index is 12.2. The number of aromatic nitrogens is 2. The van der Waals surface area contributed by atoms with Crippen LogP contribution in [0.15, 0.2) is 0 Å². The Morgan fingerprint density at radius 3 is 2.70 bits per heavy atom. The highest BCUT2D eigenvalue weighted by atomic mass is 16.2. The first-order chi connectivity index (χ1) is 9.43. The molecule has 1 aromatic heterocycles. The molecule has 5 nitrogen and oxygen atoms in total. The van der Waals surface area contributed by atoms with Gasteiger partial charge in [0.05, 0.1) is 11.4 Å². The van der Waals surface area contributed by atoms with E-state index in [0.717, 1.165) is 44.2 Å². The van der Waals surface area contributed by atoms with Gasteiger partial charge in [-0.2, -0.15) is 5.10 Å². The van der Waals surface area contributed by atoms with Gasteiger partial charge in [-0.05, 0) is 37.5 Å². The third-order valence-electron chi connectivity index (χ3n) is 4.27. The second-order valence-corrected chi connectivity index (χ2v) is 6.63. The average molecular weight is 278 g/mol. The first-order valence-corrected chi connectivity index (χ1v) is 7.56. The van der Waals surface area contributed by atoms with Crippen molar-refractivity contribution in [2.24, 2.45) is 5.41 Å². The van der Waals surface area contributed by atoms with Gasteiger partial charge in [-0.15, -0.1) is 0 Å².